The van der Waals surface area contributed by atoms with Crippen molar-refractivity contribution in [2.45, 2.75) is 73.6 Å². The minimum absolute atomic E-state index is 0.482. The fourth-order valence-electron chi connectivity index (χ4n) is 6.34. The van der Waals surface area contributed by atoms with E-state index in [1.54, 1.807) is 11.8 Å². The molecule has 1 aliphatic heterocycles. The molecular weight excluding hydrogens is 416 g/mol. The van der Waals surface area contributed by atoms with Crippen molar-refractivity contribution in [3.05, 3.63) is 42.1 Å². The van der Waals surface area contributed by atoms with Crippen molar-refractivity contribution in [1.82, 2.24) is 24.7 Å². The fourth-order valence-corrected chi connectivity index (χ4v) is 7.39. The smallest absolute Gasteiger partial charge is 0.211 e. The van der Waals surface area contributed by atoms with Gasteiger partial charge in [0.25, 0.3) is 0 Å². The fraction of sp³-hybridized carbons (Fsp3) is 0.560. The van der Waals surface area contributed by atoms with Gasteiger partial charge >= 0.3 is 0 Å². The molecule has 6 nitrogen and oxygen atoms in total. The Bertz CT molecular complexity index is 1120. The van der Waals surface area contributed by atoms with E-state index in [-0.39, 0.29) is 0 Å². The number of aromatic nitrogens is 4. The lowest BCUT2D eigenvalue weighted by molar-refractivity contribution is 0.177. The Hall–Kier alpha value is -2.12. The number of rotatable bonds is 4. The molecule has 1 saturated carbocycles. The molecule has 6 rings (SSSR count). The van der Waals surface area contributed by atoms with Crippen LogP contribution in [0.2, 0.25) is 0 Å². The summed E-state index contributed by atoms with van der Waals surface area (Å²) in [6, 6.07) is 2.84. The number of imidazole rings is 1. The first-order valence-electron chi connectivity index (χ1n) is 12.2. The molecule has 1 atom stereocenters. The Kier molecular flexibility index (Phi) is 5.34. The van der Waals surface area contributed by atoms with Crippen molar-refractivity contribution in [3.8, 4) is 0 Å². The first-order chi connectivity index (χ1) is 15.8. The van der Waals surface area contributed by atoms with E-state index >= 15 is 0 Å². The number of nitrogens with one attached hydrogen (secondary N) is 1. The molecule has 1 spiro atoms. The molecule has 7 heteroatoms. The second-order valence-electron chi connectivity index (χ2n) is 9.67. The molecule has 2 aliphatic carbocycles. The Labute approximate surface area is 194 Å². The number of fused-ring (bicyclic) bond motifs is 2. The van der Waals surface area contributed by atoms with E-state index in [9.17, 15) is 0 Å². The van der Waals surface area contributed by atoms with E-state index in [4.69, 9.17) is 9.97 Å². The molecule has 168 valence electrons. The number of piperidine rings is 1. The van der Waals surface area contributed by atoms with Gasteiger partial charge in [0.05, 0.1) is 4.90 Å². The van der Waals surface area contributed by atoms with E-state index in [0.717, 1.165) is 42.4 Å². The number of hydrogen-bond donors (Lipinski definition) is 1. The predicted octanol–water partition coefficient (Wildman–Crippen LogP) is 4.51. The number of pyridine rings is 1. The topological polar surface area (TPSA) is 58.3 Å². The zero-order chi connectivity index (χ0) is 21.5. The number of aryl methyl sites for hydroxylation is 1. The molecule has 0 bridgehead atoms. The van der Waals surface area contributed by atoms with Crippen molar-refractivity contribution < 1.29 is 0 Å². The zero-order valence-corrected chi connectivity index (χ0v) is 19.7. The molecule has 32 heavy (non-hydrogen) atoms. The summed E-state index contributed by atoms with van der Waals surface area (Å²) in [5.74, 6) is 1.03. The largest absolute Gasteiger partial charge is 0.342 e. The highest BCUT2D eigenvalue weighted by Gasteiger charge is 2.44. The van der Waals surface area contributed by atoms with Crippen molar-refractivity contribution in [2.24, 2.45) is 5.41 Å². The second kappa shape index (κ2) is 8.34. The molecule has 3 aromatic heterocycles. The first kappa shape index (κ1) is 20.5. The molecule has 1 saturated heterocycles. The summed E-state index contributed by atoms with van der Waals surface area (Å²) in [6.45, 7) is 2.14. The van der Waals surface area contributed by atoms with E-state index in [1.165, 1.54) is 61.1 Å². The Balaban J connectivity index is 1.26. The molecular formula is C25H32N6S. The van der Waals surface area contributed by atoms with Crippen LogP contribution in [0, 0.1) is 5.41 Å². The van der Waals surface area contributed by atoms with Crippen LogP contribution < -0.4 is 10.2 Å². The number of hydrogen-bond acceptors (Lipinski definition) is 6. The highest BCUT2D eigenvalue weighted by Crippen LogP contribution is 2.47. The van der Waals surface area contributed by atoms with Crippen LogP contribution in [0.4, 0.5) is 5.95 Å². The minimum atomic E-state index is 0.482. The van der Waals surface area contributed by atoms with Gasteiger partial charge in [-0.25, -0.2) is 9.97 Å². The standard InChI is InChI=1S/C25H32N6S/c1-26-22-7-4-9-25(22)10-14-30(15-11-25)24-29-17-21(23-28-13-16-31(23)24)32-20-8-12-27-19-6-3-2-5-18(19)20/h8,12-13,16-17,22,26H,2-7,9-11,14-15H2,1H3/t22-/m1/s1. The summed E-state index contributed by atoms with van der Waals surface area (Å²) in [5.41, 5.74) is 4.19. The molecule has 0 aromatic carbocycles. The second-order valence-corrected chi connectivity index (χ2v) is 10.8. The van der Waals surface area contributed by atoms with E-state index in [1.807, 2.05) is 18.6 Å². The maximum Gasteiger partial charge on any atom is 0.211 e. The van der Waals surface area contributed by atoms with Crippen LogP contribution in [-0.4, -0.2) is 45.5 Å². The van der Waals surface area contributed by atoms with Gasteiger partial charge in [-0.3, -0.25) is 9.38 Å². The van der Waals surface area contributed by atoms with Crippen molar-refractivity contribution >= 4 is 23.4 Å². The van der Waals surface area contributed by atoms with Gasteiger partial charge in [0, 0.05) is 54.5 Å². The van der Waals surface area contributed by atoms with Crippen LogP contribution in [0.25, 0.3) is 5.65 Å². The maximum absolute atomic E-state index is 4.96. The molecule has 0 amide bonds. The van der Waals surface area contributed by atoms with Crippen LogP contribution in [0.3, 0.4) is 0 Å². The summed E-state index contributed by atoms with van der Waals surface area (Å²) >= 11 is 1.80. The SMILES string of the molecule is CN[C@@H]1CCCC12CCN(c1ncc(Sc3ccnc4c3CCCC4)c3nccn13)CC2. The zero-order valence-electron chi connectivity index (χ0n) is 18.9. The Morgan fingerprint density at radius 3 is 2.75 bits per heavy atom. The third-order valence-corrected chi connectivity index (χ3v) is 9.19. The average Bonchev–Trinajstić information content (AvgIpc) is 3.48. The van der Waals surface area contributed by atoms with E-state index in [2.05, 4.69) is 38.9 Å². The van der Waals surface area contributed by atoms with E-state index < -0.39 is 0 Å². The van der Waals surface area contributed by atoms with Crippen LogP contribution in [0.1, 0.15) is 56.2 Å². The molecule has 0 radical (unpaired) electrons. The van der Waals surface area contributed by atoms with Crippen LogP contribution in [0.15, 0.2) is 40.6 Å². The summed E-state index contributed by atoms with van der Waals surface area (Å²) in [4.78, 5) is 19.2. The molecule has 1 N–H and O–H groups in total. The number of anilines is 1. The monoisotopic (exact) mass is 448 g/mol. The predicted molar refractivity (Wildman–Crippen MR) is 129 cm³/mol. The van der Waals surface area contributed by atoms with Crippen molar-refractivity contribution in [1.29, 1.82) is 0 Å². The van der Waals surface area contributed by atoms with Crippen LogP contribution >= 0.6 is 11.8 Å². The van der Waals surface area contributed by atoms with Gasteiger partial charge in [0.15, 0.2) is 5.65 Å². The lowest BCUT2D eigenvalue weighted by atomic mass is 9.74. The van der Waals surface area contributed by atoms with Gasteiger partial charge < -0.3 is 10.2 Å². The third-order valence-electron chi connectivity index (χ3n) is 8.08. The highest BCUT2D eigenvalue weighted by atomic mass is 32.2. The Morgan fingerprint density at radius 2 is 1.88 bits per heavy atom. The van der Waals surface area contributed by atoms with E-state index in [0.29, 0.717) is 11.5 Å². The molecule has 0 unspecified atom stereocenters. The van der Waals surface area contributed by atoms with Gasteiger partial charge in [-0.1, -0.05) is 18.2 Å². The maximum atomic E-state index is 4.96. The summed E-state index contributed by atoms with van der Waals surface area (Å²) in [7, 11) is 2.14. The van der Waals surface area contributed by atoms with Gasteiger partial charge in [-0.2, -0.15) is 0 Å². The third kappa shape index (κ3) is 3.41. The molecule has 4 heterocycles. The molecule has 3 aromatic rings. The summed E-state index contributed by atoms with van der Waals surface area (Å²) in [6.07, 6.45) is 19.3. The van der Waals surface area contributed by atoms with Crippen LogP contribution in [0.5, 0.6) is 0 Å². The summed E-state index contributed by atoms with van der Waals surface area (Å²) < 4.78 is 2.19. The van der Waals surface area contributed by atoms with Crippen molar-refractivity contribution in [2.75, 3.05) is 25.0 Å². The average molecular weight is 449 g/mol. The van der Waals surface area contributed by atoms with Gasteiger partial charge in [0.2, 0.25) is 5.95 Å². The molecule has 3 aliphatic rings. The Morgan fingerprint density at radius 1 is 1.00 bits per heavy atom. The van der Waals surface area contributed by atoms with Gasteiger partial charge in [-0.15, -0.1) is 0 Å². The minimum Gasteiger partial charge on any atom is -0.342 e. The first-order valence-corrected chi connectivity index (χ1v) is 13.0. The molecule has 2 fully saturated rings. The van der Waals surface area contributed by atoms with Gasteiger partial charge in [0.1, 0.15) is 0 Å². The number of nitrogens with zero attached hydrogens (tertiary/aromatic N) is 5. The highest BCUT2D eigenvalue weighted by molar-refractivity contribution is 7.99. The van der Waals surface area contributed by atoms with Gasteiger partial charge in [-0.05, 0) is 75.5 Å². The van der Waals surface area contributed by atoms with Crippen LogP contribution in [-0.2, 0) is 12.8 Å². The normalized spacial score (nSPS) is 22.5. The summed E-state index contributed by atoms with van der Waals surface area (Å²) in [5, 5.41) is 3.60. The van der Waals surface area contributed by atoms with Crippen molar-refractivity contribution in [3.63, 3.8) is 0 Å². The lowest BCUT2D eigenvalue weighted by Gasteiger charge is -2.43. The lowest BCUT2D eigenvalue weighted by Crippen LogP contribution is -2.48. The quantitative estimate of drug-likeness (QED) is 0.634.